The topological polar surface area (TPSA) is 94.4 Å². The maximum atomic E-state index is 12.2. The SMILES string of the molecule is CCn1cc([N+](=O)[O-])cc1C(=O)N1CC[C@H](N)C1. The van der Waals surface area contributed by atoms with Crippen LogP contribution in [-0.4, -0.2) is 39.4 Å². The van der Waals surface area contributed by atoms with E-state index in [1.54, 1.807) is 9.47 Å². The van der Waals surface area contributed by atoms with E-state index in [4.69, 9.17) is 5.73 Å². The number of carbonyl (C=O) groups is 1. The van der Waals surface area contributed by atoms with E-state index in [0.29, 0.717) is 25.3 Å². The normalized spacial score (nSPS) is 19.2. The highest BCUT2D eigenvalue weighted by molar-refractivity contribution is 5.93. The van der Waals surface area contributed by atoms with Gasteiger partial charge >= 0.3 is 0 Å². The van der Waals surface area contributed by atoms with Crippen LogP contribution in [0.2, 0.25) is 0 Å². The molecule has 2 heterocycles. The molecule has 1 amide bonds. The predicted molar refractivity (Wildman–Crippen MR) is 65.3 cm³/mol. The van der Waals surface area contributed by atoms with Crippen LogP contribution < -0.4 is 5.73 Å². The Balaban J connectivity index is 2.26. The number of hydrogen-bond acceptors (Lipinski definition) is 4. The van der Waals surface area contributed by atoms with E-state index in [1.165, 1.54) is 12.3 Å². The number of carbonyl (C=O) groups excluding carboxylic acids is 1. The lowest BCUT2D eigenvalue weighted by Gasteiger charge is -2.16. The van der Waals surface area contributed by atoms with Crippen molar-refractivity contribution in [3.05, 3.63) is 28.1 Å². The zero-order chi connectivity index (χ0) is 13.3. The van der Waals surface area contributed by atoms with Gasteiger partial charge in [-0.3, -0.25) is 14.9 Å². The van der Waals surface area contributed by atoms with Crippen LogP contribution in [0.5, 0.6) is 0 Å². The smallest absolute Gasteiger partial charge is 0.287 e. The lowest BCUT2D eigenvalue weighted by atomic mass is 10.3. The summed E-state index contributed by atoms with van der Waals surface area (Å²) in [6.45, 7) is 3.50. The zero-order valence-corrected chi connectivity index (χ0v) is 10.2. The van der Waals surface area contributed by atoms with E-state index in [2.05, 4.69) is 0 Å². The van der Waals surface area contributed by atoms with Crippen LogP contribution in [0.4, 0.5) is 5.69 Å². The number of rotatable bonds is 3. The van der Waals surface area contributed by atoms with Crippen molar-refractivity contribution >= 4 is 11.6 Å². The summed E-state index contributed by atoms with van der Waals surface area (Å²) in [5.41, 5.74) is 6.06. The molecule has 0 aliphatic carbocycles. The van der Waals surface area contributed by atoms with E-state index in [0.717, 1.165) is 6.42 Å². The Kier molecular flexibility index (Phi) is 3.33. The van der Waals surface area contributed by atoms with Crippen LogP contribution in [0.15, 0.2) is 12.3 Å². The molecule has 1 saturated heterocycles. The van der Waals surface area contributed by atoms with E-state index in [9.17, 15) is 14.9 Å². The summed E-state index contributed by atoms with van der Waals surface area (Å²) in [5.74, 6) is -0.182. The van der Waals surface area contributed by atoms with Crippen LogP contribution in [-0.2, 0) is 6.54 Å². The molecule has 0 spiro atoms. The van der Waals surface area contributed by atoms with Crippen molar-refractivity contribution in [3.8, 4) is 0 Å². The minimum absolute atomic E-state index is 0.00831. The molecule has 0 unspecified atom stereocenters. The van der Waals surface area contributed by atoms with Gasteiger partial charge in [0.2, 0.25) is 0 Å². The van der Waals surface area contributed by atoms with Crippen LogP contribution in [0.3, 0.4) is 0 Å². The Morgan fingerprint density at radius 3 is 2.89 bits per heavy atom. The van der Waals surface area contributed by atoms with Gasteiger partial charge in [-0.1, -0.05) is 0 Å². The first-order valence-electron chi connectivity index (χ1n) is 5.92. The van der Waals surface area contributed by atoms with Crippen LogP contribution in [0.1, 0.15) is 23.8 Å². The van der Waals surface area contributed by atoms with Crippen molar-refractivity contribution in [3.63, 3.8) is 0 Å². The van der Waals surface area contributed by atoms with Gasteiger partial charge in [0, 0.05) is 31.7 Å². The van der Waals surface area contributed by atoms with Crippen LogP contribution in [0.25, 0.3) is 0 Å². The van der Waals surface area contributed by atoms with Gasteiger partial charge < -0.3 is 15.2 Å². The third-order valence-electron chi connectivity index (χ3n) is 3.16. The monoisotopic (exact) mass is 252 g/mol. The van der Waals surface area contributed by atoms with Crippen molar-refractivity contribution in [1.82, 2.24) is 9.47 Å². The Morgan fingerprint density at radius 2 is 2.39 bits per heavy atom. The molecule has 0 radical (unpaired) electrons. The second kappa shape index (κ2) is 4.77. The van der Waals surface area contributed by atoms with Gasteiger partial charge in [0.25, 0.3) is 11.6 Å². The van der Waals surface area contributed by atoms with Gasteiger partial charge in [0.15, 0.2) is 0 Å². The van der Waals surface area contributed by atoms with Crippen molar-refractivity contribution in [2.24, 2.45) is 5.73 Å². The third-order valence-corrected chi connectivity index (χ3v) is 3.16. The van der Waals surface area contributed by atoms with Gasteiger partial charge in [-0.25, -0.2) is 0 Å². The molecule has 1 aliphatic rings. The van der Waals surface area contributed by atoms with Crippen molar-refractivity contribution in [2.75, 3.05) is 13.1 Å². The van der Waals surface area contributed by atoms with E-state index < -0.39 is 4.92 Å². The van der Waals surface area contributed by atoms with Gasteiger partial charge in [0.1, 0.15) is 5.69 Å². The number of aryl methyl sites for hydroxylation is 1. The molecule has 1 aliphatic heterocycles. The van der Waals surface area contributed by atoms with E-state index in [-0.39, 0.29) is 17.6 Å². The second-order valence-corrected chi connectivity index (χ2v) is 4.43. The fraction of sp³-hybridized carbons (Fsp3) is 0.545. The lowest BCUT2D eigenvalue weighted by molar-refractivity contribution is -0.384. The summed E-state index contributed by atoms with van der Waals surface area (Å²) in [4.78, 5) is 24.1. The Bertz CT molecular complexity index is 483. The van der Waals surface area contributed by atoms with Crippen molar-refractivity contribution in [2.45, 2.75) is 25.9 Å². The molecule has 7 nitrogen and oxygen atoms in total. The van der Waals surface area contributed by atoms with Gasteiger partial charge in [-0.2, -0.15) is 0 Å². The van der Waals surface area contributed by atoms with Gasteiger partial charge in [-0.15, -0.1) is 0 Å². The molecule has 1 aromatic heterocycles. The van der Waals surface area contributed by atoms with Crippen LogP contribution >= 0.6 is 0 Å². The Morgan fingerprint density at radius 1 is 1.67 bits per heavy atom. The summed E-state index contributed by atoms with van der Waals surface area (Å²) in [5, 5.41) is 10.7. The largest absolute Gasteiger partial charge is 0.337 e. The number of aromatic nitrogens is 1. The Hall–Kier alpha value is -1.89. The van der Waals surface area contributed by atoms with Gasteiger partial charge in [0.05, 0.1) is 11.1 Å². The van der Waals surface area contributed by atoms with Crippen LogP contribution in [0, 0.1) is 10.1 Å². The molecule has 0 bridgehead atoms. The molecule has 2 N–H and O–H groups in total. The quantitative estimate of drug-likeness (QED) is 0.629. The summed E-state index contributed by atoms with van der Waals surface area (Å²) in [7, 11) is 0. The van der Waals surface area contributed by atoms with E-state index in [1.807, 2.05) is 6.92 Å². The molecule has 7 heteroatoms. The number of amides is 1. The fourth-order valence-corrected chi connectivity index (χ4v) is 2.17. The summed E-state index contributed by atoms with van der Waals surface area (Å²) in [6.07, 6.45) is 2.17. The first-order valence-corrected chi connectivity index (χ1v) is 5.92. The highest BCUT2D eigenvalue weighted by atomic mass is 16.6. The molecule has 0 saturated carbocycles. The average molecular weight is 252 g/mol. The highest BCUT2D eigenvalue weighted by Gasteiger charge is 2.28. The summed E-state index contributed by atoms with van der Waals surface area (Å²) >= 11 is 0. The number of likely N-dealkylation sites (tertiary alicyclic amines) is 1. The van der Waals surface area contributed by atoms with Crippen molar-refractivity contribution < 1.29 is 9.72 Å². The highest BCUT2D eigenvalue weighted by Crippen LogP contribution is 2.19. The number of nitrogens with two attached hydrogens (primary N) is 1. The molecule has 98 valence electrons. The number of nitrogens with zero attached hydrogens (tertiary/aromatic N) is 3. The maximum Gasteiger partial charge on any atom is 0.287 e. The minimum atomic E-state index is -0.487. The Labute approximate surface area is 104 Å². The molecule has 1 fully saturated rings. The first-order chi connectivity index (χ1) is 8.52. The zero-order valence-electron chi connectivity index (χ0n) is 10.2. The third kappa shape index (κ3) is 2.21. The molecule has 1 atom stereocenters. The predicted octanol–water partition coefficient (Wildman–Crippen LogP) is 0.589. The van der Waals surface area contributed by atoms with Gasteiger partial charge in [-0.05, 0) is 13.3 Å². The minimum Gasteiger partial charge on any atom is -0.337 e. The summed E-state index contributed by atoms with van der Waals surface area (Å²) < 4.78 is 1.60. The molecular formula is C11H16N4O3. The molecular weight excluding hydrogens is 236 g/mol. The number of hydrogen-bond donors (Lipinski definition) is 1. The number of nitro groups is 1. The second-order valence-electron chi connectivity index (χ2n) is 4.43. The molecule has 2 rings (SSSR count). The molecule has 1 aromatic rings. The molecule has 18 heavy (non-hydrogen) atoms. The standard InChI is InChI=1S/C11H16N4O3/c1-2-13-7-9(15(17)18)5-10(13)11(16)14-4-3-8(12)6-14/h5,7-8H,2-4,6,12H2,1H3/t8-/m0/s1. The fourth-order valence-electron chi connectivity index (χ4n) is 2.17. The lowest BCUT2D eigenvalue weighted by Crippen LogP contribution is -2.33. The van der Waals surface area contributed by atoms with Crippen molar-refractivity contribution in [1.29, 1.82) is 0 Å². The van der Waals surface area contributed by atoms with E-state index >= 15 is 0 Å². The average Bonchev–Trinajstić information content (AvgIpc) is 2.93. The maximum absolute atomic E-state index is 12.2. The first kappa shape index (κ1) is 12.6. The summed E-state index contributed by atoms with van der Waals surface area (Å²) in [6, 6.07) is 1.34. The molecule has 0 aromatic carbocycles.